The molecule has 0 bridgehead atoms. The van der Waals surface area contributed by atoms with Gasteiger partial charge in [0.25, 0.3) is 11.8 Å². The lowest BCUT2D eigenvalue weighted by atomic mass is 10.1. The number of carbonyl (C=O) groups excluding carboxylic acids is 2. The molecule has 4 N–H and O–H groups in total. The molecule has 1 fully saturated rings. The van der Waals surface area contributed by atoms with E-state index in [2.05, 4.69) is 22.5 Å². The molecule has 1 aromatic carbocycles. The van der Waals surface area contributed by atoms with Crippen molar-refractivity contribution in [1.82, 2.24) is 4.98 Å². The first kappa shape index (κ1) is 21.2. The first-order chi connectivity index (χ1) is 14.0. The number of amides is 2. The predicted octanol–water partition coefficient (Wildman–Crippen LogP) is -0.342. The van der Waals surface area contributed by atoms with Gasteiger partial charge in [-0.05, 0) is 30.2 Å². The van der Waals surface area contributed by atoms with Crippen LogP contribution in [0.25, 0.3) is 0 Å². The molecule has 2 aromatic rings. The van der Waals surface area contributed by atoms with Gasteiger partial charge in [-0.2, -0.15) is 0 Å². The third-order valence-corrected chi connectivity index (χ3v) is 5.49. The SMILES string of the molecule is CCc1ccccc1NC(=O)C[NH+]1CC[NH+](CC(=O)Nc2cccnc2Cl)CC1. The Morgan fingerprint density at radius 3 is 2.07 bits per heavy atom. The summed E-state index contributed by atoms with van der Waals surface area (Å²) in [5, 5.41) is 6.14. The van der Waals surface area contributed by atoms with Crippen molar-refractivity contribution in [2.24, 2.45) is 0 Å². The van der Waals surface area contributed by atoms with E-state index in [-0.39, 0.29) is 11.8 Å². The summed E-state index contributed by atoms with van der Waals surface area (Å²) in [6.45, 7) is 6.33. The van der Waals surface area contributed by atoms with Crippen molar-refractivity contribution in [2.75, 3.05) is 49.9 Å². The molecule has 1 aliphatic heterocycles. The quantitative estimate of drug-likeness (QED) is 0.465. The minimum absolute atomic E-state index is 0.0355. The van der Waals surface area contributed by atoms with Crippen LogP contribution >= 0.6 is 11.6 Å². The molecule has 0 saturated carbocycles. The van der Waals surface area contributed by atoms with Crippen molar-refractivity contribution in [3.63, 3.8) is 0 Å². The van der Waals surface area contributed by atoms with Crippen LogP contribution in [0.5, 0.6) is 0 Å². The molecular formula is C21H28ClN5O2+2. The molecule has 0 atom stereocenters. The number of anilines is 2. The van der Waals surface area contributed by atoms with E-state index in [0.29, 0.717) is 23.9 Å². The Balaban J connectivity index is 1.41. The largest absolute Gasteiger partial charge is 0.321 e. The number of carbonyl (C=O) groups is 2. The molecule has 1 saturated heterocycles. The molecule has 7 nitrogen and oxygen atoms in total. The Labute approximate surface area is 176 Å². The molecular weight excluding hydrogens is 390 g/mol. The highest BCUT2D eigenvalue weighted by atomic mass is 35.5. The van der Waals surface area contributed by atoms with E-state index in [1.54, 1.807) is 18.3 Å². The number of hydrogen-bond donors (Lipinski definition) is 4. The van der Waals surface area contributed by atoms with E-state index in [1.807, 2.05) is 24.3 Å². The van der Waals surface area contributed by atoms with Crippen LogP contribution in [0.3, 0.4) is 0 Å². The second kappa shape index (κ2) is 10.3. The van der Waals surface area contributed by atoms with E-state index in [0.717, 1.165) is 43.9 Å². The smallest absolute Gasteiger partial charge is 0.279 e. The van der Waals surface area contributed by atoms with Gasteiger partial charge in [0.1, 0.15) is 26.2 Å². The topological polar surface area (TPSA) is 80.0 Å². The zero-order valence-electron chi connectivity index (χ0n) is 16.6. The lowest BCUT2D eigenvalue weighted by Crippen LogP contribution is -3.28. The molecule has 1 aliphatic rings. The van der Waals surface area contributed by atoms with Crippen molar-refractivity contribution >= 4 is 34.8 Å². The van der Waals surface area contributed by atoms with Crippen LogP contribution in [0.1, 0.15) is 12.5 Å². The molecule has 1 aromatic heterocycles. The maximum Gasteiger partial charge on any atom is 0.279 e. The van der Waals surface area contributed by atoms with Gasteiger partial charge in [-0.1, -0.05) is 36.7 Å². The zero-order chi connectivity index (χ0) is 20.6. The number of rotatable bonds is 7. The number of benzene rings is 1. The highest BCUT2D eigenvalue weighted by Gasteiger charge is 2.26. The van der Waals surface area contributed by atoms with Crippen LogP contribution in [0.4, 0.5) is 11.4 Å². The van der Waals surface area contributed by atoms with Gasteiger partial charge in [0.2, 0.25) is 0 Å². The van der Waals surface area contributed by atoms with Crippen LogP contribution in [0, 0.1) is 0 Å². The predicted molar refractivity (Wildman–Crippen MR) is 113 cm³/mol. The van der Waals surface area contributed by atoms with Crippen LogP contribution in [0.15, 0.2) is 42.6 Å². The van der Waals surface area contributed by atoms with Gasteiger partial charge < -0.3 is 20.4 Å². The molecule has 8 heteroatoms. The fourth-order valence-corrected chi connectivity index (χ4v) is 3.75. The number of hydrogen-bond acceptors (Lipinski definition) is 3. The van der Waals surface area contributed by atoms with Gasteiger partial charge in [0.05, 0.1) is 5.69 Å². The summed E-state index contributed by atoms with van der Waals surface area (Å²) in [6.07, 6.45) is 2.47. The lowest BCUT2D eigenvalue weighted by molar-refractivity contribution is -1.00. The molecule has 2 amide bonds. The van der Waals surface area contributed by atoms with Crippen LogP contribution in [-0.4, -0.2) is 56.1 Å². The van der Waals surface area contributed by atoms with Gasteiger partial charge in [0, 0.05) is 11.9 Å². The number of para-hydroxylation sites is 1. The van der Waals surface area contributed by atoms with Crippen LogP contribution < -0.4 is 20.4 Å². The number of aromatic nitrogens is 1. The molecule has 29 heavy (non-hydrogen) atoms. The first-order valence-electron chi connectivity index (χ1n) is 10.0. The number of quaternary nitrogens is 2. The molecule has 2 heterocycles. The van der Waals surface area contributed by atoms with Gasteiger partial charge in [-0.3, -0.25) is 9.59 Å². The fraction of sp³-hybridized carbons (Fsp3) is 0.381. The molecule has 0 unspecified atom stereocenters. The summed E-state index contributed by atoms with van der Waals surface area (Å²) in [4.78, 5) is 31.1. The minimum atomic E-state index is -0.0766. The number of nitrogens with one attached hydrogen (secondary N) is 4. The van der Waals surface area contributed by atoms with E-state index in [1.165, 1.54) is 9.80 Å². The maximum absolute atomic E-state index is 12.4. The zero-order valence-corrected chi connectivity index (χ0v) is 17.4. The highest BCUT2D eigenvalue weighted by molar-refractivity contribution is 6.32. The van der Waals surface area contributed by atoms with Crippen molar-refractivity contribution < 1.29 is 19.4 Å². The van der Waals surface area contributed by atoms with E-state index in [4.69, 9.17) is 11.6 Å². The van der Waals surface area contributed by atoms with Crippen molar-refractivity contribution in [3.8, 4) is 0 Å². The van der Waals surface area contributed by atoms with E-state index >= 15 is 0 Å². The standard InChI is InChI=1S/C21H26ClN5O2/c1-2-16-6-3-4-7-17(16)24-19(28)14-26-10-12-27(13-11-26)15-20(29)25-18-8-5-9-23-21(18)22/h3-9H,2,10-15H2,1H3,(H,24,28)(H,25,29)/p+2. The summed E-state index contributed by atoms with van der Waals surface area (Å²) in [6, 6.07) is 11.4. The van der Waals surface area contributed by atoms with Crippen molar-refractivity contribution in [3.05, 3.63) is 53.3 Å². The van der Waals surface area contributed by atoms with Crippen molar-refractivity contribution in [2.45, 2.75) is 13.3 Å². The van der Waals surface area contributed by atoms with Crippen molar-refractivity contribution in [1.29, 1.82) is 0 Å². The first-order valence-corrected chi connectivity index (χ1v) is 10.4. The average molecular weight is 418 g/mol. The summed E-state index contributed by atoms with van der Waals surface area (Å²) >= 11 is 5.98. The van der Waals surface area contributed by atoms with Gasteiger partial charge in [0.15, 0.2) is 18.2 Å². The number of pyridine rings is 1. The Hall–Kier alpha value is -2.48. The Morgan fingerprint density at radius 1 is 0.931 bits per heavy atom. The molecule has 3 rings (SSSR count). The molecule has 0 radical (unpaired) electrons. The number of piperazine rings is 1. The normalized spacial score (nSPS) is 18.8. The Morgan fingerprint density at radius 2 is 1.48 bits per heavy atom. The summed E-state index contributed by atoms with van der Waals surface area (Å²) in [5.74, 6) is -0.0411. The average Bonchev–Trinajstić information content (AvgIpc) is 2.71. The third kappa shape index (κ3) is 6.25. The third-order valence-electron chi connectivity index (χ3n) is 5.19. The highest BCUT2D eigenvalue weighted by Crippen LogP contribution is 2.17. The monoisotopic (exact) mass is 417 g/mol. The number of nitrogens with zero attached hydrogens (tertiary/aromatic N) is 1. The minimum Gasteiger partial charge on any atom is -0.321 e. The summed E-state index contributed by atoms with van der Waals surface area (Å²) < 4.78 is 0. The van der Waals surface area contributed by atoms with Crippen LogP contribution in [0.2, 0.25) is 5.15 Å². The second-order valence-electron chi connectivity index (χ2n) is 7.30. The van der Waals surface area contributed by atoms with E-state index in [9.17, 15) is 9.59 Å². The molecule has 154 valence electrons. The van der Waals surface area contributed by atoms with Gasteiger partial charge >= 0.3 is 0 Å². The Bertz CT molecular complexity index is 852. The maximum atomic E-state index is 12.4. The second-order valence-corrected chi connectivity index (χ2v) is 7.66. The molecule has 0 aliphatic carbocycles. The summed E-state index contributed by atoms with van der Waals surface area (Å²) in [7, 11) is 0. The fourth-order valence-electron chi connectivity index (χ4n) is 3.58. The van der Waals surface area contributed by atoms with Gasteiger partial charge in [-0.15, -0.1) is 0 Å². The lowest BCUT2D eigenvalue weighted by Gasteiger charge is -2.29. The summed E-state index contributed by atoms with van der Waals surface area (Å²) in [5.41, 5.74) is 2.58. The van der Waals surface area contributed by atoms with E-state index < -0.39 is 0 Å². The number of aryl methyl sites for hydroxylation is 1. The Kier molecular flexibility index (Phi) is 7.57. The molecule has 0 spiro atoms. The van der Waals surface area contributed by atoms with Crippen LogP contribution in [-0.2, 0) is 16.0 Å². The van der Waals surface area contributed by atoms with Gasteiger partial charge in [-0.25, -0.2) is 4.98 Å². The number of halogens is 1.